The average molecular weight is 327 g/mol. The van der Waals surface area contributed by atoms with Crippen molar-refractivity contribution >= 4 is 23.8 Å². The van der Waals surface area contributed by atoms with Crippen molar-refractivity contribution in [1.29, 1.82) is 0 Å². The molecule has 0 bridgehead atoms. The zero-order valence-electron chi connectivity index (χ0n) is 11.5. The van der Waals surface area contributed by atoms with E-state index in [0.29, 0.717) is 27.8 Å². The highest BCUT2D eigenvalue weighted by molar-refractivity contribution is 7.71. The Balaban J connectivity index is 1.83. The van der Waals surface area contributed by atoms with Crippen LogP contribution in [0.15, 0.2) is 48.5 Å². The molecule has 3 aromatic rings. The van der Waals surface area contributed by atoms with Gasteiger partial charge < -0.3 is 9.72 Å². The van der Waals surface area contributed by atoms with Gasteiger partial charge in [-0.2, -0.15) is 0 Å². The maximum absolute atomic E-state index is 6.04. The molecule has 0 fully saturated rings. The third-order valence-electron chi connectivity index (χ3n) is 3.63. The quantitative estimate of drug-likeness (QED) is 0.491. The first kappa shape index (κ1) is 13.5. The number of aromatic amines is 1. The highest BCUT2D eigenvalue weighted by atomic mass is 35.5. The maximum Gasteiger partial charge on any atom is 0.205 e. The topological polar surface area (TPSA) is 37.9 Å². The molecule has 0 atom stereocenters. The molecule has 0 spiro atoms. The number of benzene rings is 2. The Morgan fingerprint density at radius 2 is 1.95 bits per heavy atom. The summed E-state index contributed by atoms with van der Waals surface area (Å²) in [7, 11) is 0. The molecular formula is C17H11ClN2OS. The normalized spacial score (nSPS) is 12.2. The number of aromatic nitrogens is 2. The van der Waals surface area contributed by atoms with Gasteiger partial charge in [-0.1, -0.05) is 54.2 Å². The van der Waals surface area contributed by atoms with Crippen molar-refractivity contribution in [1.82, 2.24) is 9.97 Å². The molecule has 0 saturated heterocycles. The number of H-pyrrole nitrogens is 1. The number of hydrogen-bond donors (Lipinski definition) is 1. The smallest absolute Gasteiger partial charge is 0.205 e. The minimum absolute atomic E-state index is 0.554. The Morgan fingerprint density at radius 3 is 2.77 bits per heavy atom. The highest BCUT2D eigenvalue weighted by Crippen LogP contribution is 2.37. The average Bonchev–Trinajstić information content (AvgIpc) is 2.54. The van der Waals surface area contributed by atoms with Crippen LogP contribution < -0.4 is 4.74 Å². The summed E-state index contributed by atoms with van der Waals surface area (Å²) < 4.78 is 6.51. The summed E-state index contributed by atoms with van der Waals surface area (Å²) >= 11 is 11.5. The Kier molecular flexibility index (Phi) is 3.21. The van der Waals surface area contributed by atoms with Gasteiger partial charge >= 0.3 is 0 Å². The second kappa shape index (κ2) is 5.23. The molecule has 22 heavy (non-hydrogen) atoms. The van der Waals surface area contributed by atoms with Crippen molar-refractivity contribution in [2.75, 3.05) is 0 Å². The summed E-state index contributed by atoms with van der Waals surface area (Å²) in [6, 6.07) is 15.5. The van der Waals surface area contributed by atoms with E-state index in [2.05, 4.69) is 9.97 Å². The van der Waals surface area contributed by atoms with Gasteiger partial charge in [-0.15, -0.1) is 0 Å². The van der Waals surface area contributed by atoms with Crippen LogP contribution in [-0.2, 0) is 6.42 Å². The number of fused-ring (bicyclic) bond motifs is 2. The number of halogens is 1. The predicted molar refractivity (Wildman–Crippen MR) is 89.2 cm³/mol. The van der Waals surface area contributed by atoms with E-state index in [4.69, 9.17) is 28.6 Å². The second-order valence-electron chi connectivity index (χ2n) is 5.10. The van der Waals surface area contributed by atoms with E-state index < -0.39 is 0 Å². The number of ether oxygens (including phenoxy) is 1. The lowest BCUT2D eigenvalue weighted by molar-refractivity contribution is 0.439. The van der Waals surface area contributed by atoms with Crippen molar-refractivity contribution in [3.05, 3.63) is 69.3 Å². The summed E-state index contributed by atoms with van der Waals surface area (Å²) in [5.74, 6) is 2.17. The zero-order valence-corrected chi connectivity index (χ0v) is 13.0. The fraction of sp³-hybridized carbons (Fsp3) is 0.0588. The van der Waals surface area contributed by atoms with Crippen LogP contribution in [0.1, 0.15) is 11.1 Å². The second-order valence-corrected chi connectivity index (χ2v) is 5.92. The van der Waals surface area contributed by atoms with Gasteiger partial charge in [0, 0.05) is 22.6 Å². The largest absolute Gasteiger partial charge is 0.440 e. The van der Waals surface area contributed by atoms with Crippen LogP contribution in [0.5, 0.6) is 11.6 Å². The van der Waals surface area contributed by atoms with Gasteiger partial charge in [-0.25, -0.2) is 4.98 Å². The number of rotatable bonds is 1. The molecule has 4 rings (SSSR count). The number of nitrogens with zero attached hydrogens (tertiary/aromatic N) is 1. The van der Waals surface area contributed by atoms with Crippen molar-refractivity contribution in [3.63, 3.8) is 0 Å². The van der Waals surface area contributed by atoms with E-state index in [0.717, 1.165) is 22.4 Å². The molecule has 0 unspecified atom stereocenters. The fourth-order valence-corrected chi connectivity index (χ4v) is 2.99. The Bertz CT molecular complexity index is 922. The van der Waals surface area contributed by atoms with Crippen molar-refractivity contribution in [2.24, 2.45) is 0 Å². The molecule has 0 amide bonds. The Morgan fingerprint density at radius 1 is 1.14 bits per heavy atom. The minimum Gasteiger partial charge on any atom is -0.440 e. The van der Waals surface area contributed by atoms with E-state index in [1.54, 1.807) is 0 Å². The van der Waals surface area contributed by atoms with E-state index in [-0.39, 0.29) is 0 Å². The molecule has 108 valence electrons. The first-order chi connectivity index (χ1) is 10.7. The molecule has 2 aromatic carbocycles. The van der Waals surface area contributed by atoms with Gasteiger partial charge in [0.1, 0.15) is 16.2 Å². The van der Waals surface area contributed by atoms with Crippen LogP contribution in [0.3, 0.4) is 0 Å². The third kappa shape index (κ3) is 2.30. The molecule has 0 radical (unpaired) electrons. The first-order valence-corrected chi connectivity index (χ1v) is 7.64. The van der Waals surface area contributed by atoms with Crippen molar-refractivity contribution in [3.8, 4) is 23.0 Å². The van der Waals surface area contributed by atoms with Gasteiger partial charge in [0.15, 0.2) is 0 Å². The Hall–Kier alpha value is -2.17. The first-order valence-electron chi connectivity index (χ1n) is 6.85. The van der Waals surface area contributed by atoms with Gasteiger partial charge in [-0.05, 0) is 18.2 Å². The molecular weight excluding hydrogens is 316 g/mol. The zero-order chi connectivity index (χ0) is 15.1. The van der Waals surface area contributed by atoms with Crippen LogP contribution >= 0.6 is 23.8 Å². The predicted octanol–water partition coefficient (Wildman–Crippen LogP) is 5.16. The summed E-state index contributed by atoms with van der Waals surface area (Å²) in [5.41, 5.74) is 2.89. The SMILES string of the molecule is S=c1nc(-c2ccccc2)[nH]c2c1Cc1cc(Cl)ccc1O2. The summed E-state index contributed by atoms with van der Waals surface area (Å²) in [4.78, 5) is 7.74. The molecule has 1 aliphatic rings. The maximum atomic E-state index is 6.04. The van der Waals surface area contributed by atoms with E-state index >= 15 is 0 Å². The molecule has 0 saturated carbocycles. The Labute approximate surface area is 137 Å². The molecule has 2 heterocycles. The summed E-state index contributed by atoms with van der Waals surface area (Å²) in [5, 5.41) is 0.689. The third-order valence-corrected chi connectivity index (χ3v) is 4.20. The van der Waals surface area contributed by atoms with Gasteiger partial charge in [-0.3, -0.25) is 0 Å². The lowest BCUT2D eigenvalue weighted by Crippen LogP contribution is -2.07. The van der Waals surface area contributed by atoms with Crippen LogP contribution in [0.4, 0.5) is 0 Å². The minimum atomic E-state index is 0.554. The molecule has 3 nitrogen and oxygen atoms in total. The number of hydrogen-bond acceptors (Lipinski definition) is 3. The van der Waals surface area contributed by atoms with Gasteiger partial charge in [0.05, 0.1) is 5.56 Å². The van der Waals surface area contributed by atoms with Crippen molar-refractivity contribution in [2.45, 2.75) is 6.42 Å². The standard InChI is InChI=1S/C17H11ClN2OS/c18-12-6-7-14-11(8-12)9-13-16(21-14)19-15(20-17(13)22)10-4-2-1-3-5-10/h1-8H,9H2,(H,19,20,22). The van der Waals surface area contributed by atoms with Gasteiger partial charge in [0.2, 0.25) is 5.88 Å². The van der Waals surface area contributed by atoms with Crippen molar-refractivity contribution < 1.29 is 4.74 Å². The van der Waals surface area contributed by atoms with Crippen LogP contribution in [0.2, 0.25) is 5.02 Å². The summed E-state index contributed by atoms with van der Waals surface area (Å²) in [6.45, 7) is 0. The van der Waals surface area contributed by atoms with Gasteiger partial charge in [0.25, 0.3) is 0 Å². The monoisotopic (exact) mass is 326 g/mol. The number of nitrogens with one attached hydrogen (secondary N) is 1. The lowest BCUT2D eigenvalue weighted by atomic mass is 10.0. The molecule has 1 N–H and O–H groups in total. The lowest BCUT2D eigenvalue weighted by Gasteiger charge is -2.20. The molecule has 1 aliphatic heterocycles. The summed E-state index contributed by atoms with van der Waals surface area (Å²) in [6.07, 6.45) is 0.669. The molecule has 0 aliphatic carbocycles. The van der Waals surface area contributed by atoms with E-state index in [1.165, 1.54) is 0 Å². The fourth-order valence-electron chi connectivity index (χ4n) is 2.54. The molecule has 1 aromatic heterocycles. The van der Waals surface area contributed by atoms with E-state index in [9.17, 15) is 0 Å². The van der Waals surface area contributed by atoms with Crippen LogP contribution in [0.25, 0.3) is 11.4 Å². The van der Waals surface area contributed by atoms with E-state index in [1.807, 2.05) is 48.5 Å². The van der Waals surface area contributed by atoms with Crippen LogP contribution in [0, 0.1) is 4.64 Å². The van der Waals surface area contributed by atoms with Crippen LogP contribution in [-0.4, -0.2) is 9.97 Å². The highest BCUT2D eigenvalue weighted by Gasteiger charge is 2.20. The molecule has 5 heteroatoms.